The van der Waals surface area contributed by atoms with Crippen molar-refractivity contribution in [2.75, 3.05) is 12.4 Å². The van der Waals surface area contributed by atoms with E-state index in [9.17, 15) is 19.5 Å². The minimum absolute atomic E-state index is 0.330. The number of hydrogen-bond acceptors (Lipinski definition) is 5. The summed E-state index contributed by atoms with van der Waals surface area (Å²) >= 11 is 1.35. The van der Waals surface area contributed by atoms with Crippen LogP contribution >= 0.6 is 11.3 Å². The molecule has 6 nitrogen and oxygen atoms in total. The summed E-state index contributed by atoms with van der Waals surface area (Å²) in [5, 5.41) is 12.8. The molecule has 1 aromatic carbocycles. The van der Waals surface area contributed by atoms with Crippen molar-refractivity contribution in [1.82, 2.24) is 0 Å². The molecule has 2 atom stereocenters. The number of hydrogen-bond donors (Lipinski definition) is 2. The first kappa shape index (κ1) is 21.0. The van der Waals surface area contributed by atoms with Gasteiger partial charge < -0.3 is 15.2 Å². The van der Waals surface area contributed by atoms with Crippen molar-refractivity contribution in [1.29, 1.82) is 0 Å². The summed E-state index contributed by atoms with van der Waals surface area (Å²) in [6.07, 6.45) is 3.36. The minimum Gasteiger partial charge on any atom is -0.481 e. The third kappa shape index (κ3) is 4.34. The second-order valence-electron chi connectivity index (χ2n) is 7.14. The molecule has 154 valence electrons. The number of carbonyl (C=O) groups is 3. The number of anilines is 1. The molecule has 0 aliphatic heterocycles. The number of amides is 1. The molecule has 1 aliphatic carbocycles. The average Bonchev–Trinajstić information content (AvgIpc) is 3.11. The lowest BCUT2D eigenvalue weighted by Crippen LogP contribution is -2.36. The number of methoxy groups -OCH3 is 1. The summed E-state index contributed by atoms with van der Waals surface area (Å²) in [6.45, 7) is 1.99. The van der Waals surface area contributed by atoms with E-state index in [2.05, 4.69) is 5.32 Å². The van der Waals surface area contributed by atoms with Gasteiger partial charge in [0.1, 0.15) is 10.6 Å². The van der Waals surface area contributed by atoms with Crippen molar-refractivity contribution in [3.05, 3.63) is 40.8 Å². The standard InChI is InChI=1S/C22H25NO5S/c1-3-16-17(13-9-5-4-6-10-13)18(22(27)28-2)20(29-16)23-19(24)14-11-7-8-12-15(14)21(25)26/h4-6,9-10,14-15H,3,7-8,11-12H2,1-2H3,(H,23,24)(H,25,26)/t14-,15+/m1/s1. The Labute approximate surface area is 173 Å². The number of carboxylic acids is 1. The van der Waals surface area contributed by atoms with Crippen LogP contribution in [0.3, 0.4) is 0 Å². The molecule has 0 bridgehead atoms. The Hall–Kier alpha value is -2.67. The smallest absolute Gasteiger partial charge is 0.341 e. The van der Waals surface area contributed by atoms with Gasteiger partial charge in [0.2, 0.25) is 5.91 Å². The van der Waals surface area contributed by atoms with E-state index in [0.29, 0.717) is 29.8 Å². The molecule has 0 spiro atoms. The van der Waals surface area contributed by atoms with Crippen LogP contribution in [-0.2, 0) is 20.7 Å². The predicted molar refractivity (Wildman–Crippen MR) is 112 cm³/mol. The molecule has 0 radical (unpaired) electrons. The molecule has 1 aromatic heterocycles. The Kier molecular flexibility index (Phi) is 6.69. The Morgan fingerprint density at radius 3 is 2.38 bits per heavy atom. The van der Waals surface area contributed by atoms with Crippen LogP contribution in [0.2, 0.25) is 0 Å². The zero-order valence-corrected chi connectivity index (χ0v) is 17.4. The van der Waals surface area contributed by atoms with Gasteiger partial charge in [-0.05, 0) is 24.8 Å². The summed E-state index contributed by atoms with van der Waals surface area (Å²) in [7, 11) is 1.31. The van der Waals surface area contributed by atoms with Gasteiger partial charge in [-0.25, -0.2) is 4.79 Å². The number of ether oxygens (including phenoxy) is 1. The number of aryl methyl sites for hydroxylation is 1. The Morgan fingerprint density at radius 2 is 1.79 bits per heavy atom. The van der Waals surface area contributed by atoms with E-state index < -0.39 is 23.8 Å². The minimum atomic E-state index is -0.941. The van der Waals surface area contributed by atoms with Gasteiger partial charge in [-0.2, -0.15) is 0 Å². The lowest BCUT2D eigenvalue weighted by atomic mass is 9.78. The maximum Gasteiger partial charge on any atom is 0.341 e. The fourth-order valence-electron chi connectivity index (χ4n) is 3.97. The Morgan fingerprint density at radius 1 is 1.14 bits per heavy atom. The monoisotopic (exact) mass is 415 g/mol. The predicted octanol–water partition coefficient (Wildman–Crippen LogP) is 4.59. The maximum absolute atomic E-state index is 13.0. The van der Waals surface area contributed by atoms with E-state index in [0.717, 1.165) is 28.8 Å². The molecule has 7 heteroatoms. The van der Waals surface area contributed by atoms with Gasteiger partial charge in [0.15, 0.2) is 0 Å². The van der Waals surface area contributed by atoms with Crippen molar-refractivity contribution in [2.24, 2.45) is 11.8 Å². The zero-order chi connectivity index (χ0) is 21.0. The van der Waals surface area contributed by atoms with Crippen LogP contribution in [-0.4, -0.2) is 30.1 Å². The highest BCUT2D eigenvalue weighted by Gasteiger charge is 2.37. The van der Waals surface area contributed by atoms with Crippen LogP contribution in [0.5, 0.6) is 0 Å². The van der Waals surface area contributed by atoms with Crippen molar-refractivity contribution in [3.8, 4) is 11.1 Å². The van der Waals surface area contributed by atoms with Gasteiger partial charge in [0, 0.05) is 10.4 Å². The van der Waals surface area contributed by atoms with E-state index in [1.165, 1.54) is 18.4 Å². The normalized spacial score (nSPS) is 18.8. The van der Waals surface area contributed by atoms with E-state index in [4.69, 9.17) is 4.74 Å². The second-order valence-corrected chi connectivity index (χ2v) is 8.25. The first-order valence-electron chi connectivity index (χ1n) is 9.81. The van der Waals surface area contributed by atoms with Crippen LogP contribution in [0.15, 0.2) is 30.3 Å². The molecule has 2 N–H and O–H groups in total. The van der Waals surface area contributed by atoms with E-state index in [-0.39, 0.29) is 5.91 Å². The van der Waals surface area contributed by atoms with Gasteiger partial charge in [0.05, 0.1) is 18.9 Å². The van der Waals surface area contributed by atoms with Crippen molar-refractivity contribution < 1.29 is 24.2 Å². The number of benzene rings is 1. The Balaban J connectivity index is 2.01. The maximum atomic E-state index is 13.0. The van der Waals surface area contributed by atoms with Crippen LogP contribution in [0.1, 0.15) is 47.8 Å². The highest BCUT2D eigenvalue weighted by atomic mass is 32.1. The molecular formula is C22H25NO5S. The first-order valence-corrected chi connectivity index (χ1v) is 10.6. The van der Waals surface area contributed by atoms with Crippen molar-refractivity contribution >= 4 is 34.2 Å². The SMILES string of the molecule is CCc1sc(NC(=O)[C@@H]2CCCC[C@@H]2C(=O)O)c(C(=O)OC)c1-c1ccccc1. The highest BCUT2D eigenvalue weighted by Crippen LogP contribution is 2.42. The fourth-order valence-corrected chi connectivity index (χ4v) is 5.12. The van der Waals surface area contributed by atoms with Crippen LogP contribution < -0.4 is 5.32 Å². The van der Waals surface area contributed by atoms with Crippen LogP contribution in [0.4, 0.5) is 5.00 Å². The molecule has 29 heavy (non-hydrogen) atoms. The van der Waals surface area contributed by atoms with E-state index in [1.807, 2.05) is 37.3 Å². The van der Waals surface area contributed by atoms with E-state index >= 15 is 0 Å². The number of thiophene rings is 1. The quantitative estimate of drug-likeness (QED) is 0.673. The van der Waals surface area contributed by atoms with Gasteiger partial charge in [0.25, 0.3) is 0 Å². The third-order valence-corrected chi connectivity index (χ3v) is 6.66. The number of aliphatic carboxylic acids is 1. The lowest BCUT2D eigenvalue weighted by molar-refractivity contribution is -0.147. The summed E-state index contributed by atoms with van der Waals surface area (Å²) in [6, 6.07) is 9.52. The van der Waals surface area contributed by atoms with Crippen molar-refractivity contribution in [3.63, 3.8) is 0 Å². The molecule has 3 rings (SSSR count). The summed E-state index contributed by atoms with van der Waals surface area (Å²) in [5.41, 5.74) is 1.97. The van der Waals surface area contributed by atoms with Gasteiger partial charge in [-0.3, -0.25) is 9.59 Å². The van der Waals surface area contributed by atoms with Gasteiger partial charge >= 0.3 is 11.9 Å². The Bertz CT molecular complexity index is 905. The molecule has 0 saturated heterocycles. The van der Waals surface area contributed by atoms with Crippen LogP contribution in [0.25, 0.3) is 11.1 Å². The molecule has 1 amide bonds. The van der Waals surface area contributed by atoms with Gasteiger partial charge in [-0.15, -0.1) is 11.3 Å². The molecule has 1 heterocycles. The number of nitrogens with one attached hydrogen (secondary N) is 1. The number of carbonyl (C=O) groups excluding carboxylic acids is 2. The largest absolute Gasteiger partial charge is 0.481 e. The van der Waals surface area contributed by atoms with E-state index in [1.54, 1.807) is 0 Å². The number of carboxylic acid groups (broad SMARTS) is 1. The third-order valence-electron chi connectivity index (χ3n) is 5.41. The lowest BCUT2D eigenvalue weighted by Gasteiger charge is -2.27. The van der Waals surface area contributed by atoms with Crippen LogP contribution in [0, 0.1) is 11.8 Å². The first-order chi connectivity index (χ1) is 14.0. The molecule has 1 fully saturated rings. The molecular weight excluding hydrogens is 390 g/mol. The average molecular weight is 416 g/mol. The number of rotatable bonds is 6. The van der Waals surface area contributed by atoms with Crippen molar-refractivity contribution in [2.45, 2.75) is 39.0 Å². The van der Waals surface area contributed by atoms with Gasteiger partial charge in [-0.1, -0.05) is 50.1 Å². The second kappa shape index (κ2) is 9.22. The zero-order valence-electron chi connectivity index (χ0n) is 16.6. The topological polar surface area (TPSA) is 92.7 Å². The fraction of sp³-hybridized carbons (Fsp3) is 0.409. The molecule has 0 unspecified atom stereocenters. The summed E-state index contributed by atoms with van der Waals surface area (Å²) < 4.78 is 5.01. The summed E-state index contributed by atoms with van der Waals surface area (Å²) in [4.78, 5) is 38.1. The molecule has 1 aliphatic rings. The molecule has 1 saturated carbocycles. The highest BCUT2D eigenvalue weighted by molar-refractivity contribution is 7.17. The molecule has 2 aromatic rings. The summed E-state index contributed by atoms with van der Waals surface area (Å²) in [5.74, 6) is -3.09. The number of esters is 1.